The number of hydrogen-bond acceptors (Lipinski definition) is 3. The van der Waals surface area contributed by atoms with Gasteiger partial charge in [0.05, 0.1) is 0 Å². The highest BCUT2D eigenvalue weighted by atomic mass is 16.6. The highest BCUT2D eigenvalue weighted by molar-refractivity contribution is 5.68. The summed E-state index contributed by atoms with van der Waals surface area (Å²) in [4.78, 5) is 13.3. The molecule has 1 rings (SSSR count). The number of allylic oxidation sites excluding steroid dienone is 2. The van der Waals surface area contributed by atoms with Crippen LogP contribution in [0.5, 0.6) is 0 Å². The summed E-state index contributed by atoms with van der Waals surface area (Å²) in [6.07, 6.45) is 4.82. The summed E-state index contributed by atoms with van der Waals surface area (Å²) in [5.41, 5.74) is 0.846. The average molecular weight is 222 g/mol. The molecule has 0 aliphatic carbocycles. The number of rotatable bonds is 4. The zero-order chi connectivity index (χ0) is 11.8. The number of carbonyl (C=O) groups excluding carboxylic acids is 1. The van der Waals surface area contributed by atoms with Crippen LogP contribution in [0.15, 0.2) is 37.0 Å². The highest BCUT2D eigenvalue weighted by Crippen LogP contribution is 2.01. The van der Waals surface area contributed by atoms with Gasteiger partial charge in [-0.2, -0.15) is 0 Å². The Morgan fingerprint density at radius 1 is 1.38 bits per heavy atom. The molecule has 0 bridgehead atoms. The molecule has 88 valence electrons. The van der Waals surface area contributed by atoms with E-state index in [1.54, 1.807) is 23.1 Å². The van der Waals surface area contributed by atoms with E-state index in [1.807, 2.05) is 0 Å². The monoisotopic (exact) mass is 222 g/mol. The van der Waals surface area contributed by atoms with Gasteiger partial charge in [0.15, 0.2) is 0 Å². The van der Waals surface area contributed by atoms with Crippen LogP contribution in [0.3, 0.4) is 0 Å². The molecule has 0 aromatic heterocycles. The van der Waals surface area contributed by atoms with Gasteiger partial charge in [-0.15, -0.1) is 0 Å². The van der Waals surface area contributed by atoms with Crippen molar-refractivity contribution in [1.82, 2.24) is 10.2 Å². The number of nitrogens with one attached hydrogen (secondary N) is 1. The number of amides is 1. The van der Waals surface area contributed by atoms with Gasteiger partial charge < -0.3 is 15.0 Å². The molecule has 1 aliphatic rings. The van der Waals surface area contributed by atoms with Crippen molar-refractivity contribution in [3.05, 3.63) is 37.0 Å². The van der Waals surface area contributed by atoms with Gasteiger partial charge in [0.1, 0.15) is 6.61 Å². The first-order chi connectivity index (χ1) is 7.77. The molecule has 16 heavy (non-hydrogen) atoms. The lowest BCUT2D eigenvalue weighted by Gasteiger charge is -2.26. The standard InChI is InChI=1S/C12H18N2O2/c1-3-5-11(4-2)10-16-12(15)14-8-6-13-7-9-14/h3-5,13H,1-2,6-10H2/b11-5+. The maximum absolute atomic E-state index is 11.6. The molecule has 1 N–H and O–H groups in total. The molecule has 0 aromatic rings. The summed E-state index contributed by atoms with van der Waals surface area (Å²) in [7, 11) is 0. The molecule has 0 aromatic carbocycles. The van der Waals surface area contributed by atoms with Crippen molar-refractivity contribution in [2.45, 2.75) is 0 Å². The molecule has 4 nitrogen and oxygen atoms in total. The van der Waals surface area contributed by atoms with Crippen LogP contribution in [0.2, 0.25) is 0 Å². The molecule has 0 saturated carbocycles. The Morgan fingerprint density at radius 3 is 2.62 bits per heavy atom. The van der Waals surface area contributed by atoms with Crippen LogP contribution < -0.4 is 5.32 Å². The fourth-order valence-electron chi connectivity index (χ4n) is 1.41. The Morgan fingerprint density at radius 2 is 2.06 bits per heavy atom. The van der Waals surface area contributed by atoms with Crippen molar-refractivity contribution in [3.63, 3.8) is 0 Å². The second kappa shape index (κ2) is 6.85. The topological polar surface area (TPSA) is 41.6 Å². The normalized spacial score (nSPS) is 16.8. The third kappa shape index (κ3) is 3.90. The Bertz CT molecular complexity index is 291. The van der Waals surface area contributed by atoms with Gasteiger partial charge in [0.25, 0.3) is 0 Å². The van der Waals surface area contributed by atoms with Gasteiger partial charge in [-0.1, -0.05) is 31.4 Å². The number of piperazine rings is 1. The molecule has 1 aliphatic heterocycles. The summed E-state index contributed by atoms with van der Waals surface area (Å²) in [5.74, 6) is 0. The molecule has 1 heterocycles. The lowest BCUT2D eigenvalue weighted by Crippen LogP contribution is -2.46. The van der Waals surface area contributed by atoms with E-state index in [9.17, 15) is 4.79 Å². The Kier molecular flexibility index (Phi) is 5.36. The zero-order valence-electron chi connectivity index (χ0n) is 9.45. The third-order valence-corrected chi connectivity index (χ3v) is 2.33. The van der Waals surface area contributed by atoms with E-state index in [2.05, 4.69) is 18.5 Å². The van der Waals surface area contributed by atoms with Crippen LogP contribution in [0.25, 0.3) is 0 Å². The molecule has 0 radical (unpaired) electrons. The SMILES string of the molecule is C=C/C=C(\C=C)COC(=O)N1CCNCC1. The zero-order valence-corrected chi connectivity index (χ0v) is 9.45. The molecule has 1 fully saturated rings. The van der Waals surface area contributed by atoms with Crippen LogP contribution >= 0.6 is 0 Å². The predicted octanol–water partition coefficient (Wildman–Crippen LogP) is 1.33. The summed E-state index contributed by atoms with van der Waals surface area (Å²) in [6, 6.07) is 0. The van der Waals surface area contributed by atoms with E-state index in [-0.39, 0.29) is 12.7 Å². The van der Waals surface area contributed by atoms with Gasteiger partial charge in [0, 0.05) is 26.2 Å². The molecule has 1 amide bonds. The molecular formula is C12H18N2O2. The van der Waals surface area contributed by atoms with Gasteiger partial charge in [-0.3, -0.25) is 0 Å². The van der Waals surface area contributed by atoms with Crippen LogP contribution in [-0.4, -0.2) is 43.8 Å². The van der Waals surface area contributed by atoms with Crippen molar-refractivity contribution >= 4 is 6.09 Å². The van der Waals surface area contributed by atoms with Crippen molar-refractivity contribution in [2.24, 2.45) is 0 Å². The number of nitrogens with zero attached hydrogens (tertiary/aromatic N) is 1. The molecular weight excluding hydrogens is 204 g/mol. The van der Waals surface area contributed by atoms with Gasteiger partial charge in [-0.05, 0) is 5.57 Å². The lowest BCUT2D eigenvalue weighted by atomic mass is 10.2. The molecule has 0 unspecified atom stereocenters. The molecule has 4 heteroatoms. The lowest BCUT2D eigenvalue weighted by molar-refractivity contribution is 0.106. The van der Waals surface area contributed by atoms with E-state index >= 15 is 0 Å². The quantitative estimate of drug-likeness (QED) is 0.730. The van der Waals surface area contributed by atoms with Crippen molar-refractivity contribution in [2.75, 3.05) is 32.8 Å². The van der Waals surface area contributed by atoms with Gasteiger partial charge in [0.2, 0.25) is 0 Å². The van der Waals surface area contributed by atoms with Crippen LogP contribution in [-0.2, 0) is 4.74 Å². The third-order valence-electron chi connectivity index (χ3n) is 2.33. The van der Waals surface area contributed by atoms with E-state index in [0.717, 1.165) is 18.7 Å². The largest absolute Gasteiger partial charge is 0.445 e. The Hall–Kier alpha value is -1.55. The van der Waals surface area contributed by atoms with Crippen LogP contribution in [0.1, 0.15) is 0 Å². The molecule has 0 atom stereocenters. The number of ether oxygens (including phenoxy) is 1. The van der Waals surface area contributed by atoms with E-state index in [4.69, 9.17) is 4.74 Å². The van der Waals surface area contributed by atoms with Crippen LogP contribution in [0.4, 0.5) is 4.79 Å². The minimum Gasteiger partial charge on any atom is -0.445 e. The minimum atomic E-state index is -0.265. The summed E-state index contributed by atoms with van der Waals surface area (Å²) >= 11 is 0. The van der Waals surface area contributed by atoms with Gasteiger partial charge >= 0.3 is 6.09 Å². The van der Waals surface area contributed by atoms with E-state index in [0.29, 0.717) is 13.1 Å². The van der Waals surface area contributed by atoms with E-state index in [1.165, 1.54) is 0 Å². The fraction of sp³-hybridized carbons (Fsp3) is 0.417. The maximum Gasteiger partial charge on any atom is 0.410 e. The summed E-state index contributed by atoms with van der Waals surface area (Å²) in [5, 5.41) is 3.18. The van der Waals surface area contributed by atoms with Crippen molar-refractivity contribution in [3.8, 4) is 0 Å². The average Bonchev–Trinajstić information content (AvgIpc) is 2.35. The van der Waals surface area contributed by atoms with Crippen molar-refractivity contribution in [1.29, 1.82) is 0 Å². The first kappa shape index (κ1) is 12.5. The first-order valence-corrected chi connectivity index (χ1v) is 5.34. The second-order valence-electron chi connectivity index (χ2n) is 3.47. The highest BCUT2D eigenvalue weighted by Gasteiger charge is 2.17. The Balaban J connectivity index is 2.35. The molecule has 1 saturated heterocycles. The second-order valence-corrected chi connectivity index (χ2v) is 3.47. The Labute approximate surface area is 96.3 Å². The number of hydrogen-bond donors (Lipinski definition) is 1. The maximum atomic E-state index is 11.6. The predicted molar refractivity (Wildman–Crippen MR) is 64.3 cm³/mol. The molecule has 0 spiro atoms. The summed E-state index contributed by atoms with van der Waals surface area (Å²) < 4.78 is 5.16. The number of carbonyl (C=O) groups is 1. The van der Waals surface area contributed by atoms with Crippen LogP contribution in [0, 0.1) is 0 Å². The van der Waals surface area contributed by atoms with Crippen molar-refractivity contribution < 1.29 is 9.53 Å². The van der Waals surface area contributed by atoms with Gasteiger partial charge in [-0.25, -0.2) is 4.79 Å². The smallest absolute Gasteiger partial charge is 0.410 e. The van der Waals surface area contributed by atoms with E-state index < -0.39 is 0 Å². The first-order valence-electron chi connectivity index (χ1n) is 5.34. The summed E-state index contributed by atoms with van der Waals surface area (Å²) in [6.45, 7) is 10.5. The minimum absolute atomic E-state index is 0.248. The fourth-order valence-corrected chi connectivity index (χ4v) is 1.41.